The first-order chi connectivity index (χ1) is 9.54. The molecule has 2 fully saturated rings. The molecular weight excluding hydrogens is 270 g/mol. The minimum absolute atomic E-state index is 0.461. The van der Waals surface area contributed by atoms with Crippen LogP contribution in [-0.4, -0.2) is 18.7 Å². The van der Waals surface area contributed by atoms with Crippen LogP contribution in [0, 0.1) is 17.8 Å². The molecule has 0 saturated heterocycles. The molecule has 1 aromatic carbocycles. The zero-order chi connectivity index (χ0) is 14.3. The molecule has 0 aromatic heterocycles. The number of rotatable bonds is 4. The van der Waals surface area contributed by atoms with E-state index < -0.39 is 6.10 Å². The molecule has 0 heterocycles. The number of aliphatic hydroxyl groups is 1. The Labute approximate surface area is 126 Å². The first-order valence-corrected chi connectivity index (χ1v) is 8.11. The lowest BCUT2D eigenvalue weighted by Gasteiger charge is -2.29. The number of fused-ring (bicyclic) bond motifs is 2. The van der Waals surface area contributed by atoms with Crippen molar-refractivity contribution >= 4 is 17.3 Å². The highest BCUT2D eigenvalue weighted by Gasteiger charge is 2.39. The zero-order valence-corrected chi connectivity index (χ0v) is 13.1. The highest BCUT2D eigenvalue weighted by atomic mass is 35.5. The molecular formula is C17H24ClNO. The SMILES string of the molecule is CC(O)c1ccc(N(C)CC2CC3CCC2C3)c(Cl)c1. The maximum atomic E-state index is 9.61. The summed E-state index contributed by atoms with van der Waals surface area (Å²) < 4.78 is 0. The molecule has 2 aliphatic carbocycles. The summed E-state index contributed by atoms with van der Waals surface area (Å²) in [7, 11) is 2.13. The molecule has 3 heteroatoms. The van der Waals surface area contributed by atoms with Crippen molar-refractivity contribution in [3.05, 3.63) is 28.8 Å². The van der Waals surface area contributed by atoms with Gasteiger partial charge in [-0.3, -0.25) is 0 Å². The Balaban J connectivity index is 1.69. The van der Waals surface area contributed by atoms with Gasteiger partial charge in [-0.05, 0) is 61.6 Å². The Morgan fingerprint density at radius 2 is 2.15 bits per heavy atom. The van der Waals surface area contributed by atoms with Gasteiger partial charge in [0.15, 0.2) is 0 Å². The van der Waals surface area contributed by atoms with E-state index >= 15 is 0 Å². The van der Waals surface area contributed by atoms with Crippen LogP contribution < -0.4 is 4.90 Å². The minimum atomic E-state index is -0.461. The van der Waals surface area contributed by atoms with Gasteiger partial charge < -0.3 is 10.0 Å². The van der Waals surface area contributed by atoms with Crippen LogP contribution in [0.2, 0.25) is 5.02 Å². The van der Waals surface area contributed by atoms with Gasteiger partial charge in [0.05, 0.1) is 16.8 Å². The first-order valence-electron chi connectivity index (χ1n) is 7.73. The van der Waals surface area contributed by atoms with Crippen molar-refractivity contribution in [2.75, 3.05) is 18.5 Å². The van der Waals surface area contributed by atoms with Crippen molar-refractivity contribution in [2.45, 2.75) is 38.7 Å². The Kier molecular flexibility index (Phi) is 3.96. The van der Waals surface area contributed by atoms with E-state index in [0.717, 1.165) is 40.6 Å². The number of nitrogens with zero attached hydrogens (tertiary/aromatic N) is 1. The third-order valence-corrected chi connectivity index (χ3v) is 5.56. The fourth-order valence-corrected chi connectivity index (χ4v) is 4.48. The topological polar surface area (TPSA) is 23.5 Å². The predicted molar refractivity (Wildman–Crippen MR) is 84.3 cm³/mol. The Bertz CT molecular complexity index is 488. The highest BCUT2D eigenvalue weighted by molar-refractivity contribution is 6.33. The van der Waals surface area contributed by atoms with Gasteiger partial charge in [0, 0.05) is 13.6 Å². The van der Waals surface area contributed by atoms with E-state index in [1.807, 2.05) is 18.2 Å². The van der Waals surface area contributed by atoms with Gasteiger partial charge in [0.2, 0.25) is 0 Å². The van der Waals surface area contributed by atoms with E-state index in [9.17, 15) is 5.11 Å². The third kappa shape index (κ3) is 2.68. The molecule has 2 bridgehead atoms. The fraction of sp³-hybridized carbons (Fsp3) is 0.647. The summed E-state index contributed by atoms with van der Waals surface area (Å²) in [5, 5.41) is 10.4. The maximum Gasteiger partial charge on any atom is 0.0762 e. The molecule has 3 rings (SSSR count). The number of anilines is 1. The van der Waals surface area contributed by atoms with Crippen LogP contribution in [0.5, 0.6) is 0 Å². The van der Waals surface area contributed by atoms with Crippen molar-refractivity contribution < 1.29 is 5.11 Å². The number of hydrogen-bond donors (Lipinski definition) is 1. The summed E-state index contributed by atoms with van der Waals surface area (Å²) in [5.41, 5.74) is 1.96. The van der Waals surface area contributed by atoms with E-state index in [0.29, 0.717) is 0 Å². The summed E-state index contributed by atoms with van der Waals surface area (Å²) in [5.74, 6) is 2.77. The molecule has 0 amide bonds. The number of halogens is 1. The van der Waals surface area contributed by atoms with Gasteiger partial charge in [-0.25, -0.2) is 0 Å². The molecule has 0 aliphatic heterocycles. The molecule has 2 saturated carbocycles. The molecule has 20 heavy (non-hydrogen) atoms. The summed E-state index contributed by atoms with van der Waals surface area (Å²) in [6.07, 6.45) is 5.27. The van der Waals surface area contributed by atoms with Crippen molar-refractivity contribution in [2.24, 2.45) is 17.8 Å². The molecule has 2 aliphatic rings. The Morgan fingerprint density at radius 1 is 1.35 bits per heavy atom. The molecule has 0 radical (unpaired) electrons. The average Bonchev–Trinajstić information content (AvgIpc) is 3.00. The monoisotopic (exact) mass is 293 g/mol. The third-order valence-electron chi connectivity index (χ3n) is 5.26. The second kappa shape index (κ2) is 5.57. The van der Waals surface area contributed by atoms with E-state index in [4.69, 9.17) is 11.6 Å². The van der Waals surface area contributed by atoms with Crippen LogP contribution in [0.1, 0.15) is 44.3 Å². The fourth-order valence-electron chi connectivity index (χ4n) is 4.14. The second-order valence-corrected chi connectivity index (χ2v) is 7.11. The van der Waals surface area contributed by atoms with Crippen molar-refractivity contribution in [1.29, 1.82) is 0 Å². The average molecular weight is 294 g/mol. The van der Waals surface area contributed by atoms with Crippen LogP contribution in [0.4, 0.5) is 5.69 Å². The van der Waals surface area contributed by atoms with Gasteiger partial charge in [-0.1, -0.05) is 24.1 Å². The predicted octanol–water partition coefficient (Wildman–Crippen LogP) is 4.27. The molecule has 2 nitrogen and oxygen atoms in total. The molecule has 4 atom stereocenters. The zero-order valence-electron chi connectivity index (χ0n) is 12.3. The molecule has 1 N–H and O–H groups in total. The van der Waals surface area contributed by atoms with Crippen LogP contribution in [0.25, 0.3) is 0 Å². The molecule has 4 unspecified atom stereocenters. The summed E-state index contributed by atoms with van der Waals surface area (Å²) in [6.45, 7) is 2.87. The van der Waals surface area contributed by atoms with Gasteiger partial charge in [-0.15, -0.1) is 0 Å². The Morgan fingerprint density at radius 3 is 2.70 bits per heavy atom. The molecule has 110 valence electrons. The number of benzene rings is 1. The maximum absolute atomic E-state index is 9.61. The second-order valence-electron chi connectivity index (χ2n) is 6.70. The first kappa shape index (κ1) is 14.2. The van der Waals surface area contributed by atoms with Gasteiger partial charge in [-0.2, -0.15) is 0 Å². The van der Waals surface area contributed by atoms with Crippen molar-refractivity contribution in [3.63, 3.8) is 0 Å². The number of hydrogen-bond acceptors (Lipinski definition) is 2. The number of aliphatic hydroxyl groups excluding tert-OH is 1. The van der Waals surface area contributed by atoms with Gasteiger partial charge >= 0.3 is 0 Å². The van der Waals surface area contributed by atoms with Gasteiger partial charge in [0.1, 0.15) is 0 Å². The lowest BCUT2D eigenvalue weighted by molar-refractivity contribution is 0.199. The quantitative estimate of drug-likeness (QED) is 0.896. The van der Waals surface area contributed by atoms with Crippen LogP contribution in [-0.2, 0) is 0 Å². The summed E-state index contributed by atoms with van der Waals surface area (Å²) in [6, 6.07) is 5.90. The summed E-state index contributed by atoms with van der Waals surface area (Å²) >= 11 is 6.38. The van der Waals surface area contributed by atoms with E-state index in [-0.39, 0.29) is 0 Å². The van der Waals surface area contributed by atoms with E-state index in [1.165, 1.54) is 25.7 Å². The van der Waals surface area contributed by atoms with Gasteiger partial charge in [0.25, 0.3) is 0 Å². The largest absolute Gasteiger partial charge is 0.389 e. The lowest BCUT2D eigenvalue weighted by Crippen LogP contribution is -2.28. The molecule has 0 spiro atoms. The van der Waals surface area contributed by atoms with E-state index in [2.05, 4.69) is 11.9 Å². The van der Waals surface area contributed by atoms with Crippen LogP contribution in [0.3, 0.4) is 0 Å². The van der Waals surface area contributed by atoms with E-state index in [1.54, 1.807) is 6.92 Å². The van der Waals surface area contributed by atoms with Crippen LogP contribution in [0.15, 0.2) is 18.2 Å². The minimum Gasteiger partial charge on any atom is -0.389 e. The van der Waals surface area contributed by atoms with Crippen LogP contribution >= 0.6 is 11.6 Å². The highest BCUT2D eigenvalue weighted by Crippen LogP contribution is 2.48. The standard InChI is InChI=1S/C17H24ClNO/c1-11(20)13-5-6-17(16(18)9-13)19(2)10-15-8-12-3-4-14(15)7-12/h5-6,9,11-12,14-15,20H,3-4,7-8,10H2,1-2H3. The van der Waals surface area contributed by atoms with Crippen molar-refractivity contribution in [1.82, 2.24) is 0 Å². The lowest BCUT2D eigenvalue weighted by atomic mass is 9.88. The molecule has 1 aromatic rings. The van der Waals surface area contributed by atoms with Crippen molar-refractivity contribution in [3.8, 4) is 0 Å². The smallest absolute Gasteiger partial charge is 0.0762 e. The Hall–Kier alpha value is -0.730. The summed E-state index contributed by atoms with van der Waals surface area (Å²) in [4.78, 5) is 2.29. The normalized spacial score (nSPS) is 29.7.